The topological polar surface area (TPSA) is 45.7 Å². The highest BCUT2D eigenvalue weighted by atomic mass is 32.1. The van der Waals surface area contributed by atoms with Crippen LogP contribution >= 0.6 is 11.3 Å². The van der Waals surface area contributed by atoms with Crippen LogP contribution in [0.2, 0.25) is 0 Å². The largest absolute Gasteiger partial charge is 0.379 e. The Kier molecular flexibility index (Phi) is 6.02. The Balaban J connectivity index is 1.65. The lowest BCUT2D eigenvalue weighted by molar-refractivity contribution is 0.0165. The molecule has 0 aliphatic carbocycles. The van der Waals surface area contributed by atoms with Gasteiger partial charge in [-0.3, -0.25) is 9.69 Å². The number of piperidine rings is 1. The van der Waals surface area contributed by atoms with Gasteiger partial charge in [-0.2, -0.15) is 0 Å². The normalized spacial score (nSPS) is 23.2. The molecule has 3 rings (SSSR count). The maximum atomic E-state index is 12.9. The van der Waals surface area contributed by atoms with E-state index >= 15 is 0 Å². The molecule has 0 aromatic carbocycles. The van der Waals surface area contributed by atoms with Crippen molar-refractivity contribution in [1.29, 1.82) is 0 Å². The second-order valence-corrected chi connectivity index (χ2v) is 7.38. The average molecular weight is 337 g/mol. The van der Waals surface area contributed by atoms with Gasteiger partial charge in [0.2, 0.25) is 0 Å². The summed E-state index contributed by atoms with van der Waals surface area (Å²) in [6.45, 7) is 7.58. The minimum absolute atomic E-state index is 0.126. The molecule has 2 saturated heterocycles. The molecule has 0 radical (unpaired) electrons. The van der Waals surface area contributed by atoms with Crippen LogP contribution in [-0.2, 0) is 11.2 Å². The molecule has 0 unspecified atom stereocenters. The lowest BCUT2D eigenvalue weighted by Crippen LogP contribution is -2.51. The minimum atomic E-state index is 0.126. The summed E-state index contributed by atoms with van der Waals surface area (Å²) in [5.41, 5.74) is 0.646. The van der Waals surface area contributed by atoms with Crippen LogP contribution in [0.3, 0.4) is 0 Å². The van der Waals surface area contributed by atoms with Gasteiger partial charge in [-0.25, -0.2) is 4.98 Å². The molecular weight excluding hydrogens is 310 g/mol. The van der Waals surface area contributed by atoms with Gasteiger partial charge in [-0.05, 0) is 32.1 Å². The number of hydrogen-bond acceptors (Lipinski definition) is 5. The monoisotopic (exact) mass is 337 g/mol. The first-order valence-corrected chi connectivity index (χ1v) is 9.71. The second-order valence-electron chi connectivity index (χ2n) is 6.44. The molecule has 0 spiro atoms. The number of amides is 1. The standard InChI is InChI=1S/C17H27N3O2S/c1-2-5-16-18-15(13-23-16)17(21)20-7-4-3-6-14(20)12-19-8-10-22-11-9-19/h13-14H,2-12H2,1H3/t14-/m0/s1. The molecule has 0 N–H and O–H groups in total. The maximum Gasteiger partial charge on any atom is 0.273 e. The molecule has 0 bridgehead atoms. The van der Waals surface area contributed by atoms with Gasteiger partial charge in [0, 0.05) is 37.6 Å². The van der Waals surface area contributed by atoms with Crippen molar-refractivity contribution in [2.24, 2.45) is 0 Å². The number of aryl methyl sites for hydroxylation is 1. The van der Waals surface area contributed by atoms with E-state index in [2.05, 4.69) is 21.7 Å². The van der Waals surface area contributed by atoms with Crippen LogP contribution in [0.5, 0.6) is 0 Å². The van der Waals surface area contributed by atoms with Gasteiger partial charge in [0.05, 0.1) is 18.2 Å². The Morgan fingerprint density at radius 3 is 2.96 bits per heavy atom. The zero-order chi connectivity index (χ0) is 16.1. The van der Waals surface area contributed by atoms with Crippen LogP contribution < -0.4 is 0 Å². The molecule has 2 fully saturated rings. The molecule has 0 saturated carbocycles. The van der Waals surface area contributed by atoms with E-state index in [1.807, 2.05) is 5.38 Å². The van der Waals surface area contributed by atoms with Gasteiger partial charge < -0.3 is 9.64 Å². The number of aromatic nitrogens is 1. The van der Waals surface area contributed by atoms with Gasteiger partial charge in [-0.15, -0.1) is 11.3 Å². The van der Waals surface area contributed by atoms with Crippen molar-refractivity contribution >= 4 is 17.2 Å². The fourth-order valence-corrected chi connectivity index (χ4v) is 4.30. The smallest absolute Gasteiger partial charge is 0.273 e. The predicted molar refractivity (Wildman–Crippen MR) is 92.0 cm³/mol. The molecule has 2 aliphatic heterocycles. The summed E-state index contributed by atoms with van der Waals surface area (Å²) in [6.07, 6.45) is 5.48. The summed E-state index contributed by atoms with van der Waals surface area (Å²) in [5, 5.41) is 3.02. The highest BCUT2D eigenvalue weighted by Crippen LogP contribution is 2.22. The van der Waals surface area contributed by atoms with Gasteiger partial charge in [0.1, 0.15) is 5.69 Å². The first-order valence-electron chi connectivity index (χ1n) is 8.83. The number of ether oxygens (including phenoxy) is 1. The van der Waals surface area contributed by atoms with E-state index in [4.69, 9.17) is 4.74 Å². The summed E-state index contributed by atoms with van der Waals surface area (Å²) in [7, 11) is 0. The molecule has 1 aromatic heterocycles. The Labute approximate surface area is 142 Å². The molecule has 3 heterocycles. The quantitative estimate of drug-likeness (QED) is 0.828. The van der Waals surface area contributed by atoms with Crippen molar-refractivity contribution in [3.63, 3.8) is 0 Å². The number of morpholine rings is 1. The summed E-state index contributed by atoms with van der Waals surface area (Å²) in [4.78, 5) is 22.0. The van der Waals surface area contributed by atoms with Crippen LogP contribution in [0.1, 0.15) is 48.1 Å². The highest BCUT2D eigenvalue weighted by molar-refractivity contribution is 7.09. The van der Waals surface area contributed by atoms with E-state index in [1.54, 1.807) is 11.3 Å². The molecule has 5 nitrogen and oxygen atoms in total. The molecule has 2 aliphatic rings. The van der Waals surface area contributed by atoms with E-state index in [-0.39, 0.29) is 5.91 Å². The van der Waals surface area contributed by atoms with Crippen LogP contribution in [-0.4, -0.2) is 66.1 Å². The Hall–Kier alpha value is -0.980. The third kappa shape index (κ3) is 4.31. The van der Waals surface area contributed by atoms with E-state index < -0.39 is 0 Å². The van der Waals surface area contributed by atoms with Crippen molar-refractivity contribution in [2.75, 3.05) is 39.4 Å². The number of nitrogens with zero attached hydrogens (tertiary/aromatic N) is 3. The van der Waals surface area contributed by atoms with E-state index in [9.17, 15) is 4.79 Å². The van der Waals surface area contributed by atoms with Crippen LogP contribution in [0.25, 0.3) is 0 Å². The van der Waals surface area contributed by atoms with Crippen molar-refractivity contribution in [3.8, 4) is 0 Å². The third-order valence-corrected chi connectivity index (χ3v) is 5.60. The lowest BCUT2D eigenvalue weighted by atomic mass is 10.0. The summed E-state index contributed by atoms with van der Waals surface area (Å²) < 4.78 is 5.43. The number of hydrogen-bond donors (Lipinski definition) is 0. The van der Waals surface area contributed by atoms with Crippen LogP contribution in [0.4, 0.5) is 0 Å². The van der Waals surface area contributed by atoms with Crippen LogP contribution in [0, 0.1) is 0 Å². The third-order valence-electron chi connectivity index (χ3n) is 4.70. The second kappa shape index (κ2) is 8.22. The SMILES string of the molecule is CCCc1nc(C(=O)N2CCCC[C@H]2CN2CCOCC2)cs1. The van der Waals surface area contributed by atoms with Gasteiger partial charge >= 0.3 is 0 Å². The first kappa shape index (κ1) is 16.9. The van der Waals surface area contributed by atoms with Gasteiger partial charge in [-0.1, -0.05) is 6.92 Å². The van der Waals surface area contributed by atoms with E-state index in [1.165, 1.54) is 6.42 Å². The van der Waals surface area contributed by atoms with Gasteiger partial charge in [0.15, 0.2) is 0 Å². The first-order chi connectivity index (χ1) is 11.3. The Morgan fingerprint density at radius 1 is 1.35 bits per heavy atom. The van der Waals surface area contributed by atoms with Crippen LogP contribution in [0.15, 0.2) is 5.38 Å². The zero-order valence-electron chi connectivity index (χ0n) is 14.0. The average Bonchev–Trinajstić information content (AvgIpc) is 3.05. The fourth-order valence-electron chi connectivity index (χ4n) is 3.42. The lowest BCUT2D eigenvalue weighted by Gasteiger charge is -2.39. The summed E-state index contributed by atoms with van der Waals surface area (Å²) in [5.74, 6) is 0.126. The molecule has 1 aromatic rings. The number of rotatable bonds is 5. The Morgan fingerprint density at radius 2 is 2.17 bits per heavy atom. The molecule has 6 heteroatoms. The maximum absolute atomic E-state index is 12.9. The number of carbonyl (C=O) groups excluding carboxylic acids is 1. The molecule has 128 valence electrons. The zero-order valence-corrected chi connectivity index (χ0v) is 14.8. The number of carbonyl (C=O) groups is 1. The predicted octanol–water partition coefficient (Wildman–Crippen LogP) is 2.42. The number of thiazole rings is 1. The molecular formula is C17H27N3O2S. The highest BCUT2D eigenvalue weighted by Gasteiger charge is 2.30. The molecule has 23 heavy (non-hydrogen) atoms. The van der Waals surface area contributed by atoms with Crippen molar-refractivity contribution in [3.05, 3.63) is 16.1 Å². The van der Waals surface area contributed by atoms with E-state index in [0.717, 1.165) is 70.1 Å². The molecule has 1 atom stereocenters. The van der Waals surface area contributed by atoms with Gasteiger partial charge in [0.25, 0.3) is 5.91 Å². The van der Waals surface area contributed by atoms with Crippen molar-refractivity contribution in [2.45, 2.75) is 45.1 Å². The fraction of sp³-hybridized carbons (Fsp3) is 0.765. The summed E-state index contributed by atoms with van der Waals surface area (Å²) >= 11 is 1.62. The summed E-state index contributed by atoms with van der Waals surface area (Å²) in [6, 6.07) is 0.325. The van der Waals surface area contributed by atoms with E-state index in [0.29, 0.717) is 11.7 Å². The Bertz CT molecular complexity index is 514. The van der Waals surface area contributed by atoms with Crippen molar-refractivity contribution < 1.29 is 9.53 Å². The van der Waals surface area contributed by atoms with Crippen molar-refractivity contribution in [1.82, 2.24) is 14.8 Å². The minimum Gasteiger partial charge on any atom is -0.379 e. The number of likely N-dealkylation sites (tertiary alicyclic amines) is 1. The molecule has 1 amide bonds.